The molecule has 0 saturated carbocycles. The molecular weight excluding hydrogens is 452 g/mol. The summed E-state index contributed by atoms with van der Waals surface area (Å²) in [4.78, 5) is 27.7. The summed E-state index contributed by atoms with van der Waals surface area (Å²) in [6.07, 6.45) is 2.71. The molecule has 0 heterocycles. The van der Waals surface area contributed by atoms with Crippen molar-refractivity contribution in [1.29, 1.82) is 0 Å². The smallest absolute Gasteiger partial charge is 0.242 e. The number of hydrogen-bond donors (Lipinski definition) is 1. The number of benzene rings is 2. The summed E-state index contributed by atoms with van der Waals surface area (Å²) < 4.78 is 11.3. The monoisotopic (exact) mass is 488 g/mol. The van der Waals surface area contributed by atoms with E-state index in [0.717, 1.165) is 24.0 Å². The predicted molar refractivity (Wildman–Crippen MR) is 136 cm³/mol. The summed E-state index contributed by atoms with van der Waals surface area (Å²) in [6.45, 7) is 9.73. The molecule has 0 fully saturated rings. The maximum Gasteiger partial charge on any atom is 0.242 e. The fourth-order valence-electron chi connectivity index (χ4n) is 3.55. The van der Waals surface area contributed by atoms with E-state index in [2.05, 4.69) is 12.2 Å². The maximum atomic E-state index is 13.3. The summed E-state index contributed by atoms with van der Waals surface area (Å²) in [5.41, 5.74) is 1.90. The average molecular weight is 489 g/mol. The van der Waals surface area contributed by atoms with Gasteiger partial charge in [-0.2, -0.15) is 0 Å². The lowest BCUT2D eigenvalue weighted by Crippen LogP contribution is -2.47. The number of nitrogens with zero attached hydrogens (tertiary/aromatic N) is 1. The lowest BCUT2D eigenvalue weighted by Gasteiger charge is -2.29. The van der Waals surface area contributed by atoms with Crippen LogP contribution >= 0.6 is 11.6 Å². The summed E-state index contributed by atoms with van der Waals surface area (Å²) in [5.74, 6) is 1.15. The molecule has 0 aromatic heterocycles. The highest BCUT2D eigenvalue weighted by atomic mass is 35.5. The van der Waals surface area contributed by atoms with Gasteiger partial charge in [-0.15, -0.1) is 0 Å². The van der Waals surface area contributed by atoms with Gasteiger partial charge in [0.1, 0.15) is 6.04 Å². The van der Waals surface area contributed by atoms with Crippen molar-refractivity contribution in [3.05, 3.63) is 58.6 Å². The third kappa shape index (κ3) is 8.56. The van der Waals surface area contributed by atoms with Crippen molar-refractivity contribution in [2.75, 3.05) is 19.8 Å². The van der Waals surface area contributed by atoms with Gasteiger partial charge in [-0.1, -0.05) is 43.1 Å². The van der Waals surface area contributed by atoms with E-state index in [1.807, 2.05) is 44.2 Å². The second-order valence-corrected chi connectivity index (χ2v) is 8.55. The van der Waals surface area contributed by atoms with E-state index >= 15 is 0 Å². The van der Waals surface area contributed by atoms with E-state index in [0.29, 0.717) is 49.2 Å². The Morgan fingerprint density at radius 3 is 2.26 bits per heavy atom. The molecule has 0 radical (unpaired) electrons. The van der Waals surface area contributed by atoms with E-state index in [1.165, 1.54) is 0 Å². The molecule has 7 heteroatoms. The van der Waals surface area contributed by atoms with Gasteiger partial charge in [0, 0.05) is 24.5 Å². The lowest BCUT2D eigenvalue weighted by molar-refractivity contribution is -0.140. The highest BCUT2D eigenvalue weighted by molar-refractivity contribution is 6.30. The Kier molecular flexibility index (Phi) is 11.7. The Bertz CT molecular complexity index is 917. The number of carbonyl (C=O) groups is 2. The molecule has 0 bridgehead atoms. The first-order valence-corrected chi connectivity index (χ1v) is 12.5. The molecule has 2 rings (SSSR count). The predicted octanol–water partition coefficient (Wildman–Crippen LogP) is 5.40. The zero-order valence-electron chi connectivity index (χ0n) is 20.7. The minimum absolute atomic E-state index is 0.0834. The van der Waals surface area contributed by atoms with Gasteiger partial charge in [-0.25, -0.2) is 0 Å². The van der Waals surface area contributed by atoms with Gasteiger partial charge >= 0.3 is 0 Å². The fourth-order valence-corrected chi connectivity index (χ4v) is 3.68. The second kappa shape index (κ2) is 14.5. The molecule has 186 valence electrons. The van der Waals surface area contributed by atoms with Crippen LogP contribution in [0.15, 0.2) is 42.5 Å². The van der Waals surface area contributed by atoms with E-state index in [-0.39, 0.29) is 18.2 Å². The van der Waals surface area contributed by atoms with E-state index in [4.69, 9.17) is 21.1 Å². The average Bonchev–Trinajstić information content (AvgIpc) is 2.83. The molecule has 0 spiro atoms. The number of nitrogens with one attached hydrogen (secondary N) is 1. The number of carbonyl (C=O) groups excluding carboxylic acids is 2. The van der Waals surface area contributed by atoms with Gasteiger partial charge in [0.25, 0.3) is 0 Å². The van der Waals surface area contributed by atoms with Crippen molar-refractivity contribution in [3.63, 3.8) is 0 Å². The standard InChI is InChI=1S/C27H37ClN2O4/c1-5-8-17-29-27(32)20(4)30(19-22-9-13-23(28)14-10-22)26(31)16-12-21-11-15-24(33-6-2)25(18-21)34-7-3/h9-11,13-15,18,20H,5-8,12,16-17,19H2,1-4H3,(H,29,32)/t20-/m1/s1. The Labute approximate surface area is 208 Å². The highest BCUT2D eigenvalue weighted by Gasteiger charge is 2.25. The van der Waals surface area contributed by atoms with Gasteiger partial charge in [0.05, 0.1) is 13.2 Å². The van der Waals surface area contributed by atoms with Crippen molar-refractivity contribution in [1.82, 2.24) is 10.2 Å². The highest BCUT2D eigenvalue weighted by Crippen LogP contribution is 2.29. The van der Waals surface area contributed by atoms with Crippen molar-refractivity contribution >= 4 is 23.4 Å². The van der Waals surface area contributed by atoms with Crippen LogP contribution in [0, 0.1) is 0 Å². The quantitative estimate of drug-likeness (QED) is 0.361. The number of ether oxygens (including phenoxy) is 2. The summed E-state index contributed by atoms with van der Waals surface area (Å²) in [6, 6.07) is 12.5. The Balaban J connectivity index is 2.14. The van der Waals surface area contributed by atoms with Crippen molar-refractivity contribution in [2.45, 2.75) is 66.0 Å². The summed E-state index contributed by atoms with van der Waals surface area (Å²) in [5, 5.41) is 3.57. The topological polar surface area (TPSA) is 67.9 Å². The van der Waals surface area contributed by atoms with Gasteiger partial charge in [-0.05, 0) is 69.0 Å². The van der Waals surface area contributed by atoms with E-state index in [1.54, 1.807) is 24.0 Å². The van der Waals surface area contributed by atoms with Crippen molar-refractivity contribution in [3.8, 4) is 11.5 Å². The normalized spacial score (nSPS) is 11.6. The van der Waals surface area contributed by atoms with Crippen LogP contribution in [0.1, 0.15) is 58.1 Å². The molecule has 0 saturated heterocycles. The zero-order valence-corrected chi connectivity index (χ0v) is 21.5. The molecule has 1 N–H and O–H groups in total. The number of aryl methyl sites for hydroxylation is 1. The molecule has 0 aliphatic rings. The summed E-state index contributed by atoms with van der Waals surface area (Å²) in [7, 11) is 0. The molecule has 34 heavy (non-hydrogen) atoms. The number of rotatable bonds is 14. The lowest BCUT2D eigenvalue weighted by atomic mass is 10.1. The maximum absolute atomic E-state index is 13.3. The number of amides is 2. The van der Waals surface area contributed by atoms with Crippen LogP contribution in [-0.2, 0) is 22.6 Å². The summed E-state index contributed by atoms with van der Waals surface area (Å²) >= 11 is 6.01. The minimum Gasteiger partial charge on any atom is -0.490 e. The van der Waals surface area contributed by atoms with Crippen LogP contribution in [0.5, 0.6) is 11.5 Å². The largest absolute Gasteiger partial charge is 0.490 e. The van der Waals surface area contributed by atoms with Crippen LogP contribution in [-0.4, -0.2) is 42.5 Å². The third-order valence-corrected chi connectivity index (χ3v) is 5.75. The first-order chi connectivity index (χ1) is 16.4. The van der Waals surface area contributed by atoms with Crippen LogP contribution in [0.25, 0.3) is 0 Å². The minimum atomic E-state index is -0.584. The molecule has 0 aliphatic carbocycles. The van der Waals surface area contributed by atoms with Crippen molar-refractivity contribution in [2.24, 2.45) is 0 Å². The number of hydrogen-bond acceptors (Lipinski definition) is 4. The van der Waals surface area contributed by atoms with E-state index in [9.17, 15) is 9.59 Å². The molecule has 6 nitrogen and oxygen atoms in total. The van der Waals surface area contributed by atoms with Crippen LogP contribution in [0.3, 0.4) is 0 Å². The Morgan fingerprint density at radius 1 is 0.971 bits per heavy atom. The van der Waals surface area contributed by atoms with Crippen LogP contribution in [0.4, 0.5) is 0 Å². The van der Waals surface area contributed by atoms with Crippen LogP contribution < -0.4 is 14.8 Å². The third-order valence-electron chi connectivity index (χ3n) is 5.50. The molecule has 2 aromatic carbocycles. The fraction of sp³-hybridized carbons (Fsp3) is 0.481. The molecule has 2 amide bonds. The molecular formula is C27H37ClN2O4. The molecule has 2 aromatic rings. The van der Waals surface area contributed by atoms with Crippen LogP contribution in [0.2, 0.25) is 5.02 Å². The molecule has 1 atom stereocenters. The van der Waals surface area contributed by atoms with Gasteiger partial charge in [0.15, 0.2) is 11.5 Å². The Hall–Kier alpha value is -2.73. The zero-order chi connectivity index (χ0) is 24.9. The molecule has 0 unspecified atom stereocenters. The van der Waals surface area contributed by atoms with Gasteiger partial charge in [-0.3, -0.25) is 9.59 Å². The van der Waals surface area contributed by atoms with E-state index < -0.39 is 6.04 Å². The second-order valence-electron chi connectivity index (χ2n) is 8.12. The number of halogens is 1. The number of unbranched alkanes of at least 4 members (excludes halogenated alkanes) is 1. The SMILES string of the molecule is CCCCNC(=O)[C@@H](C)N(Cc1ccc(Cl)cc1)C(=O)CCc1ccc(OCC)c(OCC)c1. The van der Waals surface area contributed by atoms with Crippen molar-refractivity contribution < 1.29 is 19.1 Å². The van der Waals surface area contributed by atoms with Gasteiger partial charge < -0.3 is 19.7 Å². The van der Waals surface area contributed by atoms with Gasteiger partial charge in [0.2, 0.25) is 11.8 Å². The Morgan fingerprint density at radius 2 is 1.62 bits per heavy atom. The first-order valence-electron chi connectivity index (χ1n) is 12.1. The first kappa shape index (κ1) is 27.5. The molecule has 0 aliphatic heterocycles.